The second-order valence-electron chi connectivity index (χ2n) is 4.42. The Hall–Kier alpha value is -2.72. The first-order chi connectivity index (χ1) is 11.0. The number of nitrogens with zero attached hydrogens (tertiary/aromatic N) is 1. The van der Waals surface area contributed by atoms with Crippen LogP contribution in [-0.4, -0.2) is 30.6 Å². The fourth-order valence-corrected chi connectivity index (χ4v) is 1.85. The fraction of sp³-hybridized carbons (Fsp3) is 0.267. The molecule has 1 aromatic rings. The molecule has 0 aliphatic carbocycles. The number of ether oxygens (including phenoxy) is 1. The normalized spacial score (nSPS) is 10.6. The van der Waals surface area contributed by atoms with Crippen molar-refractivity contribution >= 4 is 29.2 Å². The van der Waals surface area contributed by atoms with Crippen molar-refractivity contribution in [3.05, 3.63) is 35.0 Å². The molecular formula is C15H16ClN3O4. The van der Waals surface area contributed by atoms with Crippen molar-refractivity contribution in [1.82, 2.24) is 5.32 Å². The van der Waals surface area contributed by atoms with Gasteiger partial charge in [0.1, 0.15) is 17.4 Å². The molecule has 0 heterocycles. The molecule has 1 aromatic carbocycles. The molecular weight excluding hydrogens is 322 g/mol. The Labute approximate surface area is 138 Å². The third-order valence-corrected chi connectivity index (χ3v) is 3.05. The third-order valence-electron chi connectivity index (χ3n) is 2.75. The minimum absolute atomic E-state index is 0.0471. The average Bonchev–Trinajstić information content (AvgIpc) is 2.52. The van der Waals surface area contributed by atoms with Gasteiger partial charge in [-0.3, -0.25) is 9.59 Å². The molecule has 0 spiro atoms. The molecule has 0 aromatic heterocycles. The minimum Gasteiger partial charge on any atom is -0.495 e. The number of amides is 1. The number of benzene rings is 1. The summed E-state index contributed by atoms with van der Waals surface area (Å²) in [6.07, 6.45) is 1.50. The van der Waals surface area contributed by atoms with Gasteiger partial charge in [-0.05, 0) is 24.6 Å². The number of carboxylic acid groups (broad SMARTS) is 1. The van der Waals surface area contributed by atoms with Crippen LogP contribution in [0.15, 0.2) is 30.0 Å². The van der Waals surface area contributed by atoms with Gasteiger partial charge >= 0.3 is 5.97 Å². The zero-order chi connectivity index (χ0) is 17.2. The Balaban J connectivity index is 2.61. The lowest BCUT2D eigenvalue weighted by atomic mass is 10.2. The number of halogens is 1. The van der Waals surface area contributed by atoms with E-state index in [9.17, 15) is 9.59 Å². The molecule has 0 saturated carbocycles. The summed E-state index contributed by atoms with van der Waals surface area (Å²) in [5.74, 6) is -1.00. The second kappa shape index (κ2) is 9.33. The van der Waals surface area contributed by atoms with Gasteiger partial charge in [-0.25, -0.2) is 0 Å². The van der Waals surface area contributed by atoms with Gasteiger partial charge in [0.25, 0.3) is 5.91 Å². The molecule has 3 N–H and O–H groups in total. The number of rotatable bonds is 8. The Bertz CT molecular complexity index is 653. The third kappa shape index (κ3) is 6.28. The van der Waals surface area contributed by atoms with Gasteiger partial charge in [0.05, 0.1) is 12.1 Å². The Kier molecular flexibility index (Phi) is 7.43. The summed E-state index contributed by atoms with van der Waals surface area (Å²) in [6.45, 7) is 0.179. The van der Waals surface area contributed by atoms with Crippen LogP contribution < -0.4 is 15.4 Å². The van der Waals surface area contributed by atoms with E-state index in [1.54, 1.807) is 24.3 Å². The maximum Gasteiger partial charge on any atom is 0.303 e. The zero-order valence-electron chi connectivity index (χ0n) is 12.4. The summed E-state index contributed by atoms with van der Waals surface area (Å²) in [4.78, 5) is 22.1. The van der Waals surface area contributed by atoms with E-state index >= 15 is 0 Å². The number of methoxy groups -OCH3 is 1. The summed E-state index contributed by atoms with van der Waals surface area (Å²) >= 11 is 5.97. The van der Waals surface area contributed by atoms with Crippen LogP contribution in [0.4, 0.5) is 5.69 Å². The van der Waals surface area contributed by atoms with E-state index in [-0.39, 0.29) is 18.5 Å². The summed E-state index contributed by atoms with van der Waals surface area (Å²) in [6, 6.07) is 6.70. The molecule has 7 nitrogen and oxygen atoms in total. The van der Waals surface area contributed by atoms with Crippen LogP contribution in [0.1, 0.15) is 12.8 Å². The maximum absolute atomic E-state index is 11.8. The highest BCUT2D eigenvalue weighted by Gasteiger charge is 2.09. The van der Waals surface area contributed by atoms with Crippen molar-refractivity contribution < 1.29 is 19.4 Å². The summed E-state index contributed by atoms with van der Waals surface area (Å²) in [5, 5.41) is 23.2. The zero-order valence-corrected chi connectivity index (χ0v) is 13.2. The number of carbonyl (C=O) groups excluding carboxylic acids is 1. The molecule has 0 fully saturated rings. The molecule has 122 valence electrons. The van der Waals surface area contributed by atoms with E-state index < -0.39 is 11.9 Å². The summed E-state index contributed by atoms with van der Waals surface area (Å²) < 4.78 is 5.02. The van der Waals surface area contributed by atoms with E-state index in [2.05, 4.69) is 10.6 Å². The highest BCUT2D eigenvalue weighted by atomic mass is 35.5. The van der Waals surface area contributed by atoms with E-state index in [0.29, 0.717) is 22.9 Å². The van der Waals surface area contributed by atoms with Gasteiger partial charge in [0.2, 0.25) is 0 Å². The van der Waals surface area contributed by atoms with E-state index in [1.165, 1.54) is 13.3 Å². The highest BCUT2D eigenvalue weighted by molar-refractivity contribution is 6.32. The largest absolute Gasteiger partial charge is 0.495 e. The monoisotopic (exact) mass is 337 g/mol. The standard InChI is InChI=1S/C15H16ClN3O4/c1-23-13-5-4-11(7-12(13)16)19-9-10(8-17)15(22)18-6-2-3-14(20)21/h4-5,7,9,19H,2-3,6H2,1H3,(H,18,22)(H,20,21)/b10-9-. The first-order valence-electron chi connectivity index (χ1n) is 6.68. The first-order valence-corrected chi connectivity index (χ1v) is 7.06. The van der Waals surface area contributed by atoms with Crippen LogP contribution >= 0.6 is 11.6 Å². The van der Waals surface area contributed by atoms with Crippen molar-refractivity contribution in [3.63, 3.8) is 0 Å². The van der Waals surface area contributed by atoms with E-state index in [1.807, 2.05) is 0 Å². The van der Waals surface area contributed by atoms with Crippen LogP contribution in [0.25, 0.3) is 0 Å². The lowest BCUT2D eigenvalue weighted by Gasteiger charge is -2.07. The predicted molar refractivity (Wildman–Crippen MR) is 85.2 cm³/mol. The molecule has 0 aliphatic rings. The number of nitriles is 1. The number of hydrogen-bond acceptors (Lipinski definition) is 5. The van der Waals surface area contributed by atoms with Gasteiger partial charge in [-0.15, -0.1) is 0 Å². The van der Waals surface area contributed by atoms with Crippen molar-refractivity contribution in [2.24, 2.45) is 0 Å². The van der Waals surface area contributed by atoms with Crippen molar-refractivity contribution in [1.29, 1.82) is 5.26 Å². The first kappa shape index (κ1) is 18.3. The van der Waals surface area contributed by atoms with Gasteiger partial charge in [0, 0.05) is 24.9 Å². The molecule has 0 radical (unpaired) electrons. The van der Waals surface area contributed by atoms with Gasteiger partial charge in [0.15, 0.2) is 0 Å². The Morgan fingerprint density at radius 2 is 2.22 bits per heavy atom. The average molecular weight is 338 g/mol. The molecule has 0 aliphatic heterocycles. The van der Waals surface area contributed by atoms with Gasteiger partial charge in [-0.2, -0.15) is 5.26 Å². The van der Waals surface area contributed by atoms with Crippen LogP contribution in [0.5, 0.6) is 5.75 Å². The van der Waals surface area contributed by atoms with Crippen LogP contribution in [0, 0.1) is 11.3 Å². The topological polar surface area (TPSA) is 111 Å². The fourth-order valence-electron chi connectivity index (χ4n) is 1.60. The predicted octanol–water partition coefficient (Wildman–Crippen LogP) is 2.15. The van der Waals surface area contributed by atoms with Crippen LogP contribution in [0.2, 0.25) is 5.02 Å². The SMILES string of the molecule is COc1ccc(N/C=C(/C#N)C(=O)NCCCC(=O)O)cc1Cl. The van der Waals surface area contributed by atoms with E-state index in [4.69, 9.17) is 26.7 Å². The highest BCUT2D eigenvalue weighted by Crippen LogP contribution is 2.27. The number of hydrogen-bond donors (Lipinski definition) is 3. The maximum atomic E-state index is 11.8. The number of carbonyl (C=O) groups is 2. The molecule has 0 bridgehead atoms. The number of anilines is 1. The number of aliphatic carboxylic acids is 1. The number of carboxylic acids is 1. The molecule has 1 amide bonds. The molecule has 1 rings (SSSR count). The van der Waals surface area contributed by atoms with Crippen molar-refractivity contribution in [3.8, 4) is 11.8 Å². The van der Waals surface area contributed by atoms with Gasteiger partial charge < -0.3 is 20.5 Å². The lowest BCUT2D eigenvalue weighted by Crippen LogP contribution is -2.26. The minimum atomic E-state index is -0.937. The van der Waals surface area contributed by atoms with Crippen LogP contribution in [0.3, 0.4) is 0 Å². The van der Waals surface area contributed by atoms with Crippen LogP contribution in [-0.2, 0) is 9.59 Å². The molecule has 23 heavy (non-hydrogen) atoms. The molecule has 0 saturated heterocycles. The second-order valence-corrected chi connectivity index (χ2v) is 4.82. The summed E-state index contributed by atoms with van der Waals surface area (Å²) in [5.41, 5.74) is 0.453. The smallest absolute Gasteiger partial charge is 0.303 e. The number of nitrogens with one attached hydrogen (secondary N) is 2. The molecule has 8 heteroatoms. The summed E-state index contributed by atoms with van der Waals surface area (Å²) in [7, 11) is 1.50. The van der Waals surface area contributed by atoms with Gasteiger partial charge in [-0.1, -0.05) is 11.6 Å². The van der Waals surface area contributed by atoms with E-state index in [0.717, 1.165) is 0 Å². The van der Waals surface area contributed by atoms with Crippen molar-refractivity contribution in [2.75, 3.05) is 19.0 Å². The van der Waals surface area contributed by atoms with Crippen molar-refractivity contribution in [2.45, 2.75) is 12.8 Å². The lowest BCUT2D eigenvalue weighted by molar-refractivity contribution is -0.137. The molecule has 0 unspecified atom stereocenters. The quantitative estimate of drug-likeness (QED) is 0.381. The molecule has 0 atom stereocenters. The Morgan fingerprint density at radius 3 is 2.78 bits per heavy atom. The Morgan fingerprint density at radius 1 is 1.48 bits per heavy atom.